The summed E-state index contributed by atoms with van der Waals surface area (Å²) in [6, 6.07) is 18.6. The molecule has 0 heterocycles. The fraction of sp³-hybridized carbons (Fsp3) is 0.125. The summed E-state index contributed by atoms with van der Waals surface area (Å²) in [6.07, 6.45) is 2.21. The number of ether oxygens (including phenoxy) is 1. The molecular weight excluding hydrogens is 511 g/mol. The zero-order chi connectivity index (χ0) is 26.1. The minimum absolute atomic E-state index is 0.229. The lowest BCUT2D eigenvalue weighted by Gasteiger charge is -2.21. The van der Waals surface area contributed by atoms with Gasteiger partial charge in [0.1, 0.15) is 18.1 Å². The largest absolute Gasteiger partial charge is 0.484 e. The van der Waals surface area contributed by atoms with Gasteiger partial charge in [-0.05, 0) is 54.1 Å². The van der Waals surface area contributed by atoms with Crippen molar-refractivity contribution in [1.82, 2.24) is 5.43 Å². The highest BCUT2D eigenvalue weighted by Gasteiger charge is 2.23. The summed E-state index contributed by atoms with van der Waals surface area (Å²) >= 11 is 6.00. The van der Waals surface area contributed by atoms with E-state index in [2.05, 4.69) is 15.8 Å². The molecule has 188 valence electrons. The van der Waals surface area contributed by atoms with Crippen LogP contribution >= 0.6 is 11.6 Å². The summed E-state index contributed by atoms with van der Waals surface area (Å²) in [5, 5.41) is 6.86. The van der Waals surface area contributed by atoms with E-state index in [1.165, 1.54) is 24.4 Å². The van der Waals surface area contributed by atoms with Crippen molar-refractivity contribution in [1.29, 1.82) is 0 Å². The number of sulfonamides is 1. The van der Waals surface area contributed by atoms with Crippen molar-refractivity contribution in [2.45, 2.75) is 0 Å². The Bertz CT molecular complexity index is 1370. The third-order valence-corrected chi connectivity index (χ3v) is 6.07. The molecule has 3 aromatic rings. The molecule has 0 saturated heterocycles. The molecule has 0 fully saturated rings. The number of hydrogen-bond acceptors (Lipinski definition) is 6. The van der Waals surface area contributed by atoms with Gasteiger partial charge in [-0.15, -0.1) is 0 Å². The second-order valence-corrected chi connectivity index (χ2v) is 9.71. The summed E-state index contributed by atoms with van der Waals surface area (Å²) < 4.78 is 44.2. The van der Waals surface area contributed by atoms with E-state index in [4.69, 9.17) is 16.3 Å². The van der Waals surface area contributed by atoms with Crippen LogP contribution in [0.3, 0.4) is 0 Å². The predicted octanol–water partition coefficient (Wildman–Crippen LogP) is 3.41. The topological polar surface area (TPSA) is 117 Å². The summed E-state index contributed by atoms with van der Waals surface area (Å²) in [6.45, 7) is -0.881. The third kappa shape index (κ3) is 7.79. The van der Waals surface area contributed by atoms with Crippen LogP contribution in [0.25, 0.3) is 0 Å². The van der Waals surface area contributed by atoms with Gasteiger partial charge in [-0.25, -0.2) is 18.2 Å². The molecule has 36 heavy (non-hydrogen) atoms. The van der Waals surface area contributed by atoms with Crippen LogP contribution in [0.4, 0.5) is 15.8 Å². The maximum Gasteiger partial charge on any atom is 0.262 e. The molecule has 0 saturated carbocycles. The standard InChI is InChI=1S/C24H22ClFN4O5S/c1-36(33,34)30(22-9-5-3-7-20(22)26)15-23(31)29-27-14-17-10-12-18(13-11-17)35-16-24(32)28-21-8-4-2-6-19(21)25/h2-14H,15-16H2,1H3,(H,28,32)(H,29,31)/b27-14-. The molecule has 0 unspecified atom stereocenters. The molecule has 0 aliphatic heterocycles. The Labute approximate surface area is 212 Å². The van der Waals surface area contributed by atoms with E-state index in [9.17, 15) is 22.4 Å². The Balaban J connectivity index is 1.51. The fourth-order valence-corrected chi connectivity index (χ4v) is 3.97. The SMILES string of the molecule is CS(=O)(=O)N(CC(=O)N/N=C\c1ccc(OCC(=O)Nc2ccccc2Cl)cc1)c1ccccc1F. The van der Waals surface area contributed by atoms with Crippen LogP contribution in [-0.2, 0) is 19.6 Å². The molecule has 0 spiro atoms. The lowest BCUT2D eigenvalue weighted by molar-refractivity contribution is -0.119. The predicted molar refractivity (Wildman–Crippen MR) is 136 cm³/mol. The number of carbonyl (C=O) groups excluding carboxylic acids is 2. The Hall–Kier alpha value is -3.96. The monoisotopic (exact) mass is 532 g/mol. The Kier molecular flexibility index (Phi) is 8.98. The number of hydrazone groups is 1. The van der Waals surface area contributed by atoms with Gasteiger partial charge in [0.2, 0.25) is 10.0 Å². The number of nitrogens with zero attached hydrogens (tertiary/aromatic N) is 2. The fourth-order valence-electron chi connectivity index (χ4n) is 2.93. The van der Waals surface area contributed by atoms with Gasteiger partial charge >= 0.3 is 0 Å². The molecule has 12 heteroatoms. The van der Waals surface area contributed by atoms with Crippen molar-refractivity contribution >= 4 is 51.0 Å². The van der Waals surface area contributed by atoms with Crippen LogP contribution in [0.2, 0.25) is 5.02 Å². The van der Waals surface area contributed by atoms with Crippen molar-refractivity contribution < 1.29 is 27.1 Å². The summed E-state index contributed by atoms with van der Waals surface area (Å²) in [7, 11) is -3.92. The van der Waals surface area contributed by atoms with Crippen LogP contribution in [-0.4, -0.2) is 45.9 Å². The van der Waals surface area contributed by atoms with Crippen molar-refractivity contribution in [2.24, 2.45) is 5.10 Å². The minimum Gasteiger partial charge on any atom is -0.484 e. The van der Waals surface area contributed by atoms with E-state index in [0.29, 0.717) is 26.3 Å². The number of amides is 2. The Morgan fingerprint density at radius 3 is 2.36 bits per heavy atom. The van der Waals surface area contributed by atoms with E-state index in [-0.39, 0.29) is 18.2 Å². The second kappa shape index (κ2) is 12.1. The first kappa shape index (κ1) is 26.6. The first-order chi connectivity index (χ1) is 17.1. The first-order valence-electron chi connectivity index (χ1n) is 10.4. The molecule has 9 nitrogen and oxygen atoms in total. The van der Waals surface area contributed by atoms with Crippen LogP contribution < -0.4 is 19.8 Å². The number of para-hydroxylation sites is 2. The molecular formula is C24H22ClFN4O5S. The first-order valence-corrected chi connectivity index (χ1v) is 12.7. The number of nitrogens with one attached hydrogen (secondary N) is 2. The van der Waals surface area contributed by atoms with Crippen LogP contribution in [0, 0.1) is 5.82 Å². The molecule has 2 N–H and O–H groups in total. The van der Waals surface area contributed by atoms with Crippen LogP contribution in [0.15, 0.2) is 77.9 Å². The number of benzene rings is 3. The number of halogens is 2. The van der Waals surface area contributed by atoms with Gasteiger partial charge in [-0.3, -0.25) is 13.9 Å². The normalized spacial score (nSPS) is 11.2. The van der Waals surface area contributed by atoms with Gasteiger partial charge in [0.05, 0.1) is 28.9 Å². The van der Waals surface area contributed by atoms with Crippen molar-refractivity contribution in [3.05, 3.63) is 89.2 Å². The Morgan fingerprint density at radius 1 is 1.03 bits per heavy atom. The molecule has 2 amide bonds. The van der Waals surface area contributed by atoms with E-state index < -0.39 is 28.3 Å². The quantitative estimate of drug-likeness (QED) is 0.306. The van der Waals surface area contributed by atoms with Gasteiger partial charge in [0, 0.05) is 0 Å². The van der Waals surface area contributed by atoms with Crippen LogP contribution in [0.5, 0.6) is 5.75 Å². The average Bonchev–Trinajstić information content (AvgIpc) is 2.83. The highest BCUT2D eigenvalue weighted by atomic mass is 35.5. The van der Waals surface area contributed by atoms with Gasteiger partial charge in [0.15, 0.2) is 6.61 Å². The number of rotatable bonds is 10. The molecule has 0 aliphatic carbocycles. The number of carbonyl (C=O) groups is 2. The highest BCUT2D eigenvalue weighted by molar-refractivity contribution is 7.92. The maximum atomic E-state index is 14.0. The molecule has 0 atom stereocenters. The zero-order valence-electron chi connectivity index (χ0n) is 19.0. The van der Waals surface area contributed by atoms with E-state index in [0.717, 1.165) is 12.3 Å². The second-order valence-electron chi connectivity index (χ2n) is 7.40. The molecule has 0 bridgehead atoms. The molecule has 0 aromatic heterocycles. The zero-order valence-corrected chi connectivity index (χ0v) is 20.6. The third-order valence-electron chi connectivity index (χ3n) is 4.61. The van der Waals surface area contributed by atoms with Crippen molar-refractivity contribution in [3.63, 3.8) is 0 Å². The van der Waals surface area contributed by atoms with Gasteiger partial charge < -0.3 is 10.1 Å². The molecule has 3 rings (SSSR count). The van der Waals surface area contributed by atoms with E-state index in [1.54, 1.807) is 48.5 Å². The van der Waals surface area contributed by atoms with Crippen LogP contribution in [0.1, 0.15) is 5.56 Å². The van der Waals surface area contributed by atoms with E-state index >= 15 is 0 Å². The Morgan fingerprint density at radius 2 is 1.69 bits per heavy atom. The van der Waals surface area contributed by atoms with E-state index in [1.807, 2.05) is 0 Å². The highest BCUT2D eigenvalue weighted by Crippen LogP contribution is 2.21. The maximum absolute atomic E-state index is 14.0. The minimum atomic E-state index is -3.92. The number of hydrogen-bond donors (Lipinski definition) is 2. The smallest absolute Gasteiger partial charge is 0.262 e. The van der Waals surface area contributed by atoms with Gasteiger partial charge in [0.25, 0.3) is 11.8 Å². The lowest BCUT2D eigenvalue weighted by Crippen LogP contribution is -2.39. The van der Waals surface area contributed by atoms with Gasteiger partial charge in [-0.2, -0.15) is 5.10 Å². The summed E-state index contributed by atoms with van der Waals surface area (Å²) in [4.78, 5) is 24.3. The average molecular weight is 533 g/mol. The molecule has 3 aromatic carbocycles. The van der Waals surface area contributed by atoms with Crippen molar-refractivity contribution in [3.8, 4) is 5.75 Å². The van der Waals surface area contributed by atoms with Crippen molar-refractivity contribution in [2.75, 3.05) is 29.0 Å². The summed E-state index contributed by atoms with van der Waals surface area (Å²) in [5.74, 6) is -1.48. The summed E-state index contributed by atoms with van der Waals surface area (Å²) in [5.41, 5.74) is 3.05. The molecule has 0 aliphatic rings. The molecule has 0 radical (unpaired) electrons. The van der Waals surface area contributed by atoms with Gasteiger partial charge in [-0.1, -0.05) is 35.9 Å². The number of anilines is 2. The lowest BCUT2D eigenvalue weighted by atomic mass is 10.2.